The monoisotopic (exact) mass is 462 g/mol. The van der Waals surface area contributed by atoms with Gasteiger partial charge < -0.3 is 9.64 Å². The summed E-state index contributed by atoms with van der Waals surface area (Å²) in [4.78, 5) is 29.4. The van der Waals surface area contributed by atoms with E-state index in [1.807, 2.05) is 28.0 Å². The van der Waals surface area contributed by atoms with Crippen LogP contribution in [0.1, 0.15) is 18.4 Å². The lowest BCUT2D eigenvalue weighted by molar-refractivity contribution is -0.129. The van der Waals surface area contributed by atoms with E-state index in [2.05, 4.69) is 12.1 Å². The molecule has 2 aromatic rings. The lowest BCUT2D eigenvalue weighted by Crippen LogP contribution is -2.50. The van der Waals surface area contributed by atoms with Gasteiger partial charge in [-0.05, 0) is 43.0 Å². The lowest BCUT2D eigenvalue weighted by Gasteiger charge is -2.38. The molecular weight excluding hydrogens is 439 g/mol. The average Bonchev–Trinajstić information content (AvgIpc) is 3.13. The number of carbonyl (C=O) groups excluding carboxylic acids is 2. The molecule has 4 rings (SSSR count). The van der Waals surface area contributed by atoms with E-state index in [4.69, 9.17) is 16.3 Å². The van der Waals surface area contributed by atoms with Crippen molar-refractivity contribution in [1.82, 2.24) is 9.80 Å². The summed E-state index contributed by atoms with van der Waals surface area (Å²) in [6.07, 6.45) is 1.97. The maximum Gasteiger partial charge on any atom is 0.410 e. The number of amides is 2. The SMILES string of the molecule is O=C(CSc1ccc(F)cc1Cl)N1CCC(N2C(=O)OC[C@H]2Cc2ccccc2)CC1. The van der Waals surface area contributed by atoms with Gasteiger partial charge in [0.25, 0.3) is 0 Å². The number of piperidine rings is 1. The van der Waals surface area contributed by atoms with Crippen molar-refractivity contribution in [3.05, 3.63) is 64.9 Å². The molecule has 2 aliphatic heterocycles. The van der Waals surface area contributed by atoms with E-state index in [9.17, 15) is 14.0 Å². The third-order valence-corrected chi connectivity index (χ3v) is 7.26. The van der Waals surface area contributed by atoms with Gasteiger partial charge in [0, 0.05) is 24.0 Å². The zero-order valence-electron chi connectivity index (χ0n) is 17.0. The van der Waals surface area contributed by atoms with Crippen molar-refractivity contribution in [2.75, 3.05) is 25.4 Å². The molecule has 0 bridgehead atoms. The van der Waals surface area contributed by atoms with Crippen LogP contribution in [0.3, 0.4) is 0 Å². The zero-order valence-corrected chi connectivity index (χ0v) is 18.6. The topological polar surface area (TPSA) is 49.9 Å². The van der Waals surface area contributed by atoms with Crippen LogP contribution in [-0.4, -0.2) is 59.3 Å². The molecule has 2 aliphatic rings. The highest BCUT2D eigenvalue weighted by Gasteiger charge is 2.39. The molecule has 0 aromatic heterocycles. The molecule has 2 aromatic carbocycles. The maximum absolute atomic E-state index is 13.2. The normalized spacial score (nSPS) is 19.5. The van der Waals surface area contributed by atoms with Crippen molar-refractivity contribution in [3.8, 4) is 0 Å². The third kappa shape index (κ3) is 5.33. The Morgan fingerprint density at radius 1 is 1.16 bits per heavy atom. The molecule has 0 aliphatic carbocycles. The number of benzene rings is 2. The molecule has 0 N–H and O–H groups in total. The summed E-state index contributed by atoms with van der Waals surface area (Å²) < 4.78 is 18.5. The Morgan fingerprint density at radius 3 is 2.61 bits per heavy atom. The highest BCUT2D eigenvalue weighted by Crippen LogP contribution is 2.29. The number of hydrogen-bond donors (Lipinski definition) is 0. The molecular formula is C23H24ClFN2O3S. The first kappa shape index (κ1) is 22.0. The molecule has 1 atom stereocenters. The summed E-state index contributed by atoms with van der Waals surface area (Å²) in [5, 5.41) is 0.313. The Labute approximate surface area is 190 Å². The molecule has 0 spiro atoms. The summed E-state index contributed by atoms with van der Waals surface area (Å²) in [7, 11) is 0. The van der Waals surface area contributed by atoms with Gasteiger partial charge >= 0.3 is 6.09 Å². The third-order valence-electron chi connectivity index (χ3n) is 5.77. The number of cyclic esters (lactones) is 1. The molecule has 2 amide bonds. The predicted octanol–water partition coefficient (Wildman–Crippen LogP) is 4.63. The van der Waals surface area contributed by atoms with E-state index in [0.717, 1.165) is 19.3 Å². The van der Waals surface area contributed by atoms with Crippen molar-refractivity contribution in [2.24, 2.45) is 0 Å². The number of nitrogens with zero attached hydrogens (tertiary/aromatic N) is 2. The number of thioether (sulfide) groups is 1. The second-order valence-corrected chi connectivity index (χ2v) is 9.23. The maximum atomic E-state index is 13.2. The number of halogens is 2. The first-order chi connectivity index (χ1) is 15.0. The van der Waals surface area contributed by atoms with Gasteiger partial charge in [0.1, 0.15) is 12.4 Å². The number of rotatable bonds is 6. The zero-order chi connectivity index (χ0) is 21.8. The summed E-state index contributed by atoms with van der Waals surface area (Å²) in [6, 6.07) is 14.4. The minimum Gasteiger partial charge on any atom is -0.447 e. The van der Waals surface area contributed by atoms with Crippen LogP contribution in [0.2, 0.25) is 5.02 Å². The highest BCUT2D eigenvalue weighted by atomic mass is 35.5. The van der Waals surface area contributed by atoms with Crippen LogP contribution < -0.4 is 0 Å². The number of ether oxygens (including phenoxy) is 1. The number of likely N-dealkylation sites (tertiary alicyclic amines) is 1. The summed E-state index contributed by atoms with van der Waals surface area (Å²) >= 11 is 7.35. The second-order valence-electron chi connectivity index (χ2n) is 7.80. The van der Waals surface area contributed by atoms with Gasteiger partial charge in [0.05, 0.1) is 16.8 Å². The summed E-state index contributed by atoms with van der Waals surface area (Å²) in [5.74, 6) is -0.124. The van der Waals surface area contributed by atoms with Gasteiger partial charge in [-0.15, -0.1) is 11.8 Å². The fraction of sp³-hybridized carbons (Fsp3) is 0.391. The van der Waals surface area contributed by atoms with E-state index < -0.39 is 5.82 Å². The Kier molecular flexibility index (Phi) is 7.02. The first-order valence-corrected chi connectivity index (χ1v) is 11.7. The fourth-order valence-corrected chi connectivity index (χ4v) is 5.33. The van der Waals surface area contributed by atoms with Crippen LogP contribution in [0.25, 0.3) is 0 Å². The van der Waals surface area contributed by atoms with Gasteiger partial charge in [-0.25, -0.2) is 9.18 Å². The Balaban J connectivity index is 1.30. The van der Waals surface area contributed by atoms with Crippen molar-refractivity contribution < 1.29 is 18.7 Å². The van der Waals surface area contributed by atoms with Gasteiger partial charge in [-0.1, -0.05) is 41.9 Å². The quantitative estimate of drug-likeness (QED) is 0.587. The molecule has 2 fully saturated rings. The van der Waals surface area contributed by atoms with Crippen molar-refractivity contribution in [2.45, 2.75) is 36.2 Å². The second kappa shape index (κ2) is 9.92. The number of carbonyl (C=O) groups is 2. The summed E-state index contributed by atoms with van der Waals surface area (Å²) in [6.45, 7) is 1.61. The van der Waals surface area contributed by atoms with Gasteiger partial charge in [0.2, 0.25) is 5.91 Å². The highest BCUT2D eigenvalue weighted by molar-refractivity contribution is 8.00. The van der Waals surface area contributed by atoms with Gasteiger partial charge in [0.15, 0.2) is 0 Å². The van der Waals surface area contributed by atoms with E-state index in [1.54, 1.807) is 6.07 Å². The molecule has 2 saturated heterocycles. The van der Waals surface area contributed by atoms with Crippen molar-refractivity contribution in [1.29, 1.82) is 0 Å². The predicted molar refractivity (Wildman–Crippen MR) is 119 cm³/mol. The van der Waals surface area contributed by atoms with E-state index in [0.29, 0.717) is 29.6 Å². The Hall–Kier alpha value is -2.25. The standard InChI is InChI=1S/C23H24ClFN2O3S/c24-20-13-17(25)6-7-21(20)31-15-22(28)26-10-8-18(9-11-26)27-19(14-30-23(27)29)12-16-4-2-1-3-5-16/h1-7,13,18-19H,8-12,14-15H2/t19-/m1/s1. The molecule has 8 heteroatoms. The molecule has 0 radical (unpaired) electrons. The van der Waals surface area contributed by atoms with Crippen LogP contribution in [0.15, 0.2) is 53.4 Å². The van der Waals surface area contributed by atoms with Crippen molar-refractivity contribution in [3.63, 3.8) is 0 Å². The fourth-order valence-electron chi connectivity index (χ4n) is 4.18. The Morgan fingerprint density at radius 2 is 1.90 bits per heavy atom. The smallest absolute Gasteiger partial charge is 0.410 e. The van der Waals surface area contributed by atoms with Crippen molar-refractivity contribution >= 4 is 35.4 Å². The number of hydrogen-bond acceptors (Lipinski definition) is 4. The minimum atomic E-state index is -0.395. The molecule has 164 valence electrons. The average molecular weight is 463 g/mol. The Bertz CT molecular complexity index is 938. The molecule has 0 saturated carbocycles. The molecule has 0 unspecified atom stereocenters. The van der Waals surface area contributed by atoms with E-state index in [1.165, 1.54) is 29.5 Å². The van der Waals surface area contributed by atoms with Crippen LogP contribution in [0.4, 0.5) is 9.18 Å². The van der Waals surface area contributed by atoms with E-state index in [-0.39, 0.29) is 29.8 Å². The minimum absolute atomic E-state index is 0.0219. The molecule has 31 heavy (non-hydrogen) atoms. The van der Waals surface area contributed by atoms with Crippen LogP contribution in [0, 0.1) is 5.82 Å². The van der Waals surface area contributed by atoms with Crippen LogP contribution in [-0.2, 0) is 16.0 Å². The van der Waals surface area contributed by atoms with Crippen LogP contribution in [0.5, 0.6) is 0 Å². The van der Waals surface area contributed by atoms with E-state index >= 15 is 0 Å². The lowest BCUT2D eigenvalue weighted by atomic mass is 9.99. The molecule has 2 heterocycles. The summed E-state index contributed by atoms with van der Waals surface area (Å²) in [5.41, 5.74) is 1.18. The first-order valence-electron chi connectivity index (χ1n) is 10.4. The van der Waals surface area contributed by atoms with Crippen LogP contribution >= 0.6 is 23.4 Å². The largest absolute Gasteiger partial charge is 0.447 e. The molecule has 5 nitrogen and oxygen atoms in total. The van der Waals surface area contributed by atoms with Gasteiger partial charge in [-0.3, -0.25) is 9.69 Å². The van der Waals surface area contributed by atoms with Gasteiger partial charge in [-0.2, -0.15) is 0 Å².